The van der Waals surface area contributed by atoms with Crippen molar-refractivity contribution in [2.24, 2.45) is 0 Å². The lowest BCUT2D eigenvalue weighted by Crippen LogP contribution is -2.23. The highest BCUT2D eigenvalue weighted by molar-refractivity contribution is 5.83. The Balaban J connectivity index is 0.000000311. The van der Waals surface area contributed by atoms with Crippen LogP contribution in [0.15, 0.2) is 45.6 Å². The molecule has 0 unspecified atom stereocenters. The van der Waals surface area contributed by atoms with Crippen LogP contribution in [-0.4, -0.2) is 22.6 Å². The predicted octanol–water partition coefficient (Wildman–Crippen LogP) is 7.07. The van der Waals surface area contributed by atoms with Gasteiger partial charge in [0.1, 0.15) is 5.60 Å². The summed E-state index contributed by atoms with van der Waals surface area (Å²) < 4.78 is 5.29. The van der Waals surface area contributed by atoms with Crippen molar-refractivity contribution in [1.82, 2.24) is 0 Å². The van der Waals surface area contributed by atoms with Gasteiger partial charge in [-0.3, -0.25) is 0 Å². The molecule has 0 radical (unpaired) electrons. The topological polar surface area (TPSA) is 63.6 Å². The van der Waals surface area contributed by atoms with E-state index in [-0.39, 0.29) is 5.97 Å². The zero-order chi connectivity index (χ0) is 22.9. The molecular formula is C26H40O4. The molecular weight excluding hydrogens is 376 g/mol. The molecule has 2 saturated carbocycles. The Kier molecular flexibility index (Phi) is 10.3. The second kappa shape index (κ2) is 11.9. The van der Waals surface area contributed by atoms with Crippen molar-refractivity contribution < 1.29 is 19.4 Å². The molecule has 0 aliphatic heterocycles. The van der Waals surface area contributed by atoms with Crippen LogP contribution in [0.4, 0.5) is 0 Å². The van der Waals surface area contributed by atoms with Gasteiger partial charge in [0, 0.05) is 12.2 Å². The Bertz CT molecular complexity index is 722. The van der Waals surface area contributed by atoms with E-state index in [2.05, 4.69) is 27.7 Å². The van der Waals surface area contributed by atoms with E-state index in [0.717, 1.165) is 56.9 Å². The molecule has 0 atom stereocenters. The molecule has 4 heteroatoms. The molecule has 2 aliphatic carbocycles. The van der Waals surface area contributed by atoms with Crippen LogP contribution in [0.25, 0.3) is 0 Å². The fraction of sp³-hybridized carbons (Fsp3) is 0.615. The number of esters is 1. The van der Waals surface area contributed by atoms with Gasteiger partial charge in [0.15, 0.2) is 0 Å². The molecule has 0 aromatic carbocycles. The summed E-state index contributed by atoms with van der Waals surface area (Å²) >= 11 is 0. The molecule has 2 fully saturated rings. The summed E-state index contributed by atoms with van der Waals surface area (Å²) in [5, 5.41) is 8.55. The van der Waals surface area contributed by atoms with Crippen LogP contribution in [0.1, 0.15) is 99.8 Å². The van der Waals surface area contributed by atoms with Crippen LogP contribution >= 0.6 is 0 Å². The van der Waals surface area contributed by atoms with E-state index in [1.54, 1.807) is 11.6 Å². The highest BCUT2D eigenvalue weighted by Gasteiger charge is 2.17. The Morgan fingerprint density at radius 2 is 1.10 bits per heavy atom. The van der Waals surface area contributed by atoms with Crippen LogP contribution in [-0.2, 0) is 14.3 Å². The van der Waals surface area contributed by atoms with E-state index in [1.165, 1.54) is 28.4 Å². The normalized spacial score (nSPS) is 16.9. The van der Waals surface area contributed by atoms with Crippen molar-refractivity contribution >= 4 is 11.9 Å². The average Bonchev–Trinajstić information content (AvgIpc) is 2.61. The maximum atomic E-state index is 11.6. The van der Waals surface area contributed by atoms with Gasteiger partial charge in [0.25, 0.3) is 0 Å². The number of carbonyl (C=O) groups is 2. The summed E-state index contributed by atoms with van der Waals surface area (Å²) in [5.74, 6) is -1.01. The third-order valence-corrected chi connectivity index (χ3v) is 5.46. The monoisotopic (exact) mass is 416 g/mol. The number of aliphatic carboxylic acids is 1. The SMILES string of the molecule is CC(C)=C1CCC(=CC(=O)O)CC1.CC(C)=C1CCC(=CC(=O)OC(C)(C)C)CC1. The fourth-order valence-electron chi connectivity index (χ4n) is 3.71. The van der Waals surface area contributed by atoms with Crippen molar-refractivity contribution in [3.63, 3.8) is 0 Å². The Morgan fingerprint density at radius 1 is 0.733 bits per heavy atom. The summed E-state index contributed by atoms with van der Waals surface area (Å²) in [6.07, 6.45) is 11.2. The number of carboxylic acids is 1. The molecule has 2 rings (SSSR count). The summed E-state index contributed by atoms with van der Waals surface area (Å²) in [7, 11) is 0. The molecule has 0 amide bonds. The minimum Gasteiger partial charge on any atom is -0.478 e. The molecule has 0 bridgehead atoms. The largest absolute Gasteiger partial charge is 0.478 e. The molecule has 0 heterocycles. The lowest BCUT2D eigenvalue weighted by Gasteiger charge is -2.21. The summed E-state index contributed by atoms with van der Waals surface area (Å²) in [5.41, 5.74) is 7.79. The Morgan fingerprint density at radius 3 is 1.40 bits per heavy atom. The molecule has 30 heavy (non-hydrogen) atoms. The van der Waals surface area contributed by atoms with Gasteiger partial charge in [-0.25, -0.2) is 9.59 Å². The zero-order valence-corrected chi connectivity index (χ0v) is 20.0. The van der Waals surface area contributed by atoms with Gasteiger partial charge in [-0.2, -0.15) is 0 Å². The van der Waals surface area contributed by atoms with E-state index in [4.69, 9.17) is 9.84 Å². The molecule has 4 nitrogen and oxygen atoms in total. The van der Waals surface area contributed by atoms with Crippen LogP contribution in [0.3, 0.4) is 0 Å². The molecule has 2 aliphatic rings. The lowest BCUT2D eigenvalue weighted by atomic mass is 9.88. The van der Waals surface area contributed by atoms with E-state index in [0.29, 0.717) is 0 Å². The minimum absolute atomic E-state index is 0.201. The van der Waals surface area contributed by atoms with Gasteiger partial charge >= 0.3 is 11.9 Å². The third-order valence-electron chi connectivity index (χ3n) is 5.46. The molecule has 1 N–H and O–H groups in total. The van der Waals surface area contributed by atoms with Crippen LogP contribution < -0.4 is 0 Å². The highest BCUT2D eigenvalue weighted by atomic mass is 16.6. The summed E-state index contributed by atoms with van der Waals surface area (Å²) in [6.45, 7) is 14.3. The first-order chi connectivity index (χ1) is 13.9. The summed E-state index contributed by atoms with van der Waals surface area (Å²) in [6, 6.07) is 0. The van der Waals surface area contributed by atoms with E-state index in [9.17, 15) is 9.59 Å². The number of hydrogen-bond donors (Lipinski definition) is 1. The number of rotatable bonds is 2. The van der Waals surface area contributed by atoms with Gasteiger partial charge in [0.2, 0.25) is 0 Å². The quantitative estimate of drug-likeness (QED) is 0.297. The molecule has 168 valence electrons. The lowest BCUT2D eigenvalue weighted by molar-refractivity contribution is -0.148. The first-order valence-corrected chi connectivity index (χ1v) is 11.0. The molecule has 0 aromatic rings. The standard InChI is InChI=1S/C15H24O2.C11H16O2/c1-11(2)13-8-6-12(7-9-13)10-14(16)17-15(3,4)5;1-8(2)10-5-3-9(4-6-10)7-11(12)13/h10H,6-9H2,1-5H3;7H,3-6H2,1-2H3,(H,12,13). The van der Waals surface area contributed by atoms with E-state index >= 15 is 0 Å². The van der Waals surface area contributed by atoms with Crippen LogP contribution in [0.5, 0.6) is 0 Å². The molecule has 0 aromatic heterocycles. The molecule has 0 spiro atoms. The number of carboxylic acid groups (broad SMARTS) is 1. The van der Waals surface area contributed by atoms with Gasteiger partial charge in [-0.15, -0.1) is 0 Å². The summed E-state index contributed by atoms with van der Waals surface area (Å²) in [4.78, 5) is 22.0. The van der Waals surface area contributed by atoms with Crippen molar-refractivity contribution in [2.75, 3.05) is 0 Å². The van der Waals surface area contributed by atoms with Gasteiger partial charge in [-0.05, 0) is 99.8 Å². The second-order valence-corrected chi connectivity index (χ2v) is 9.68. The second-order valence-electron chi connectivity index (χ2n) is 9.68. The van der Waals surface area contributed by atoms with Crippen LogP contribution in [0.2, 0.25) is 0 Å². The Hall–Kier alpha value is -2.10. The smallest absolute Gasteiger partial charge is 0.331 e. The maximum Gasteiger partial charge on any atom is 0.331 e. The van der Waals surface area contributed by atoms with Crippen molar-refractivity contribution in [1.29, 1.82) is 0 Å². The predicted molar refractivity (Wildman–Crippen MR) is 123 cm³/mol. The fourth-order valence-corrected chi connectivity index (χ4v) is 3.71. The van der Waals surface area contributed by atoms with Gasteiger partial charge in [0.05, 0.1) is 0 Å². The number of allylic oxidation sites excluding steroid dienone is 6. The van der Waals surface area contributed by atoms with Crippen molar-refractivity contribution in [2.45, 2.75) is 105 Å². The average molecular weight is 417 g/mol. The first-order valence-electron chi connectivity index (χ1n) is 11.0. The van der Waals surface area contributed by atoms with E-state index in [1.807, 2.05) is 20.8 Å². The first kappa shape index (κ1) is 25.9. The van der Waals surface area contributed by atoms with Crippen molar-refractivity contribution in [3.05, 3.63) is 45.6 Å². The minimum atomic E-state index is -0.810. The zero-order valence-electron chi connectivity index (χ0n) is 20.0. The van der Waals surface area contributed by atoms with E-state index < -0.39 is 11.6 Å². The number of hydrogen-bond acceptors (Lipinski definition) is 3. The maximum absolute atomic E-state index is 11.6. The molecule has 0 saturated heterocycles. The van der Waals surface area contributed by atoms with Crippen molar-refractivity contribution in [3.8, 4) is 0 Å². The highest BCUT2D eigenvalue weighted by Crippen LogP contribution is 2.30. The number of ether oxygens (including phenoxy) is 1. The third kappa shape index (κ3) is 10.6. The Labute approximate surface area is 182 Å². The van der Waals surface area contributed by atoms with Gasteiger partial charge < -0.3 is 9.84 Å². The number of carbonyl (C=O) groups excluding carboxylic acids is 1. The van der Waals surface area contributed by atoms with Crippen LogP contribution in [0, 0.1) is 0 Å². The van der Waals surface area contributed by atoms with Gasteiger partial charge in [-0.1, -0.05) is 33.4 Å².